The van der Waals surface area contributed by atoms with Crippen LogP contribution in [0.1, 0.15) is 21.5 Å². The smallest absolute Gasteiger partial charge is 0.251 e. The van der Waals surface area contributed by atoms with Crippen LogP contribution in [0.5, 0.6) is 0 Å². The summed E-state index contributed by atoms with van der Waals surface area (Å²) in [4.78, 5) is 11.0. The molecule has 0 aliphatic rings. The molecule has 0 spiro atoms. The minimum absolute atomic E-state index is 0.402. The predicted molar refractivity (Wildman–Crippen MR) is 69.6 cm³/mol. The van der Waals surface area contributed by atoms with E-state index in [1.165, 1.54) is 11.8 Å². The molecule has 0 saturated carbocycles. The first-order valence-electron chi connectivity index (χ1n) is 5.76. The van der Waals surface area contributed by atoms with Crippen molar-refractivity contribution < 1.29 is 4.79 Å². The second kappa shape index (κ2) is 5.01. The van der Waals surface area contributed by atoms with E-state index >= 15 is 0 Å². The van der Waals surface area contributed by atoms with Crippen LogP contribution in [0.15, 0.2) is 30.6 Å². The number of benzene rings is 1. The molecule has 2 aromatic rings. The molecule has 94 valence electrons. The molecule has 0 aliphatic carbocycles. The Balaban J connectivity index is 2.33. The van der Waals surface area contributed by atoms with E-state index in [9.17, 15) is 4.79 Å². The summed E-state index contributed by atoms with van der Waals surface area (Å²) in [6, 6.07) is 6.00. The highest BCUT2D eigenvalue weighted by atomic mass is 16.1. The van der Waals surface area contributed by atoms with E-state index < -0.39 is 5.91 Å². The maximum atomic E-state index is 11.0. The third kappa shape index (κ3) is 2.41. The van der Waals surface area contributed by atoms with Crippen LogP contribution in [0.25, 0.3) is 5.69 Å². The molecule has 0 unspecified atom stereocenters. The summed E-state index contributed by atoms with van der Waals surface area (Å²) < 4.78 is 1.64. The minimum Gasteiger partial charge on any atom is -0.366 e. The quantitative estimate of drug-likeness (QED) is 0.833. The van der Waals surface area contributed by atoms with Crippen LogP contribution in [0.2, 0.25) is 0 Å². The van der Waals surface area contributed by atoms with Gasteiger partial charge >= 0.3 is 0 Å². The molecule has 4 N–H and O–H groups in total. The van der Waals surface area contributed by atoms with Crippen molar-refractivity contribution in [1.29, 1.82) is 0 Å². The summed E-state index contributed by atoms with van der Waals surface area (Å²) in [5, 5.41) is 4.12. The zero-order chi connectivity index (χ0) is 13.1. The normalized spacial score (nSPS) is 10.6. The number of aromatic nitrogens is 2. The molecule has 5 nitrogen and oxygen atoms in total. The number of rotatable bonds is 4. The van der Waals surface area contributed by atoms with E-state index in [1.54, 1.807) is 10.9 Å². The first-order chi connectivity index (χ1) is 8.61. The number of carbonyl (C=O) groups is 1. The molecule has 18 heavy (non-hydrogen) atoms. The molecule has 1 aromatic heterocycles. The minimum atomic E-state index is -0.474. The van der Waals surface area contributed by atoms with E-state index in [1.807, 2.05) is 25.1 Å². The number of amides is 1. The maximum absolute atomic E-state index is 11.0. The van der Waals surface area contributed by atoms with Crippen molar-refractivity contribution in [2.45, 2.75) is 13.3 Å². The van der Waals surface area contributed by atoms with Gasteiger partial charge in [-0.1, -0.05) is 6.07 Å². The number of aryl methyl sites for hydroxylation is 1. The van der Waals surface area contributed by atoms with Gasteiger partial charge < -0.3 is 11.5 Å². The van der Waals surface area contributed by atoms with Gasteiger partial charge in [0.15, 0.2) is 0 Å². The summed E-state index contributed by atoms with van der Waals surface area (Å²) in [6.07, 6.45) is 3.95. The second-order valence-electron chi connectivity index (χ2n) is 4.19. The summed E-state index contributed by atoms with van der Waals surface area (Å²) >= 11 is 0. The van der Waals surface area contributed by atoms with Crippen LogP contribution in [-0.2, 0) is 6.42 Å². The number of hydrogen-bond acceptors (Lipinski definition) is 3. The van der Waals surface area contributed by atoms with Gasteiger partial charge in [0.05, 0.1) is 17.4 Å². The van der Waals surface area contributed by atoms with Gasteiger partial charge in [0, 0.05) is 6.20 Å². The van der Waals surface area contributed by atoms with Crippen molar-refractivity contribution in [3.05, 3.63) is 47.3 Å². The van der Waals surface area contributed by atoms with Crippen LogP contribution in [0.4, 0.5) is 0 Å². The molecule has 0 bridgehead atoms. The lowest BCUT2D eigenvalue weighted by Crippen LogP contribution is -2.09. The molecule has 5 heteroatoms. The molecule has 0 atom stereocenters. The molecule has 2 rings (SSSR count). The van der Waals surface area contributed by atoms with Gasteiger partial charge in [0.2, 0.25) is 0 Å². The number of primary amides is 1. The molecule has 1 amide bonds. The Morgan fingerprint density at radius 3 is 2.78 bits per heavy atom. The zero-order valence-corrected chi connectivity index (χ0v) is 10.3. The lowest BCUT2D eigenvalue weighted by atomic mass is 10.1. The molecule has 0 aliphatic heterocycles. The number of carbonyl (C=O) groups excluding carboxylic acids is 1. The number of nitrogens with two attached hydrogens (primary N) is 2. The van der Waals surface area contributed by atoms with Crippen molar-refractivity contribution in [3.63, 3.8) is 0 Å². The van der Waals surface area contributed by atoms with Crippen molar-refractivity contribution in [1.82, 2.24) is 9.78 Å². The Morgan fingerprint density at radius 1 is 1.44 bits per heavy atom. The predicted octanol–water partition coefficient (Wildman–Crippen LogP) is 0.781. The van der Waals surface area contributed by atoms with Crippen molar-refractivity contribution >= 4 is 5.91 Å². The molecule has 1 heterocycles. The third-order valence-electron chi connectivity index (χ3n) is 2.87. The van der Waals surface area contributed by atoms with Gasteiger partial charge in [0.1, 0.15) is 0 Å². The van der Waals surface area contributed by atoms with Crippen molar-refractivity contribution in [2.75, 3.05) is 6.54 Å². The Labute approximate surface area is 105 Å². The van der Waals surface area contributed by atoms with Gasteiger partial charge in [-0.15, -0.1) is 0 Å². The van der Waals surface area contributed by atoms with Gasteiger partial charge in [0.25, 0.3) is 5.91 Å². The average Bonchev–Trinajstić information content (AvgIpc) is 2.81. The highest BCUT2D eigenvalue weighted by molar-refractivity contribution is 5.92. The number of hydrogen-bond donors (Lipinski definition) is 2. The fraction of sp³-hybridized carbons (Fsp3) is 0.231. The standard InChI is InChI=1S/C13H16N4O/c1-9-6-12(3-2-10(9)4-5-14)17-8-11(7-16-17)13(15)18/h2-3,6-8H,4-5,14H2,1H3,(H2,15,18). The van der Waals surface area contributed by atoms with E-state index in [4.69, 9.17) is 11.5 Å². The highest BCUT2D eigenvalue weighted by Crippen LogP contribution is 2.15. The molecule has 0 radical (unpaired) electrons. The van der Waals surface area contributed by atoms with Gasteiger partial charge in [-0.2, -0.15) is 5.10 Å². The largest absolute Gasteiger partial charge is 0.366 e. The van der Waals surface area contributed by atoms with Crippen molar-refractivity contribution in [2.24, 2.45) is 11.5 Å². The number of nitrogens with zero attached hydrogens (tertiary/aromatic N) is 2. The van der Waals surface area contributed by atoms with Gasteiger partial charge in [-0.05, 0) is 43.1 Å². The van der Waals surface area contributed by atoms with E-state index in [-0.39, 0.29) is 0 Å². The first kappa shape index (κ1) is 12.3. The summed E-state index contributed by atoms with van der Waals surface area (Å²) in [7, 11) is 0. The summed E-state index contributed by atoms with van der Waals surface area (Å²) in [5.41, 5.74) is 14.4. The average molecular weight is 244 g/mol. The lowest BCUT2D eigenvalue weighted by molar-refractivity contribution is 0.100. The van der Waals surface area contributed by atoms with Crippen LogP contribution >= 0.6 is 0 Å². The van der Waals surface area contributed by atoms with Crippen LogP contribution in [-0.4, -0.2) is 22.2 Å². The third-order valence-corrected chi connectivity index (χ3v) is 2.87. The maximum Gasteiger partial charge on any atom is 0.251 e. The molecular weight excluding hydrogens is 228 g/mol. The Hall–Kier alpha value is -2.14. The van der Waals surface area contributed by atoms with Crippen LogP contribution in [0.3, 0.4) is 0 Å². The lowest BCUT2D eigenvalue weighted by Gasteiger charge is -2.07. The molecule has 1 aromatic carbocycles. The first-order valence-corrected chi connectivity index (χ1v) is 5.76. The summed E-state index contributed by atoms with van der Waals surface area (Å²) in [6.45, 7) is 2.67. The molecule has 0 fully saturated rings. The zero-order valence-electron chi connectivity index (χ0n) is 10.3. The fourth-order valence-corrected chi connectivity index (χ4v) is 1.85. The van der Waals surface area contributed by atoms with E-state index in [0.29, 0.717) is 12.1 Å². The molecule has 0 saturated heterocycles. The van der Waals surface area contributed by atoms with Crippen molar-refractivity contribution in [3.8, 4) is 5.69 Å². The van der Waals surface area contributed by atoms with Gasteiger partial charge in [-0.3, -0.25) is 4.79 Å². The van der Waals surface area contributed by atoms with Gasteiger partial charge in [-0.25, -0.2) is 4.68 Å². The fourth-order valence-electron chi connectivity index (χ4n) is 1.85. The van der Waals surface area contributed by atoms with E-state index in [2.05, 4.69) is 5.10 Å². The topological polar surface area (TPSA) is 86.9 Å². The monoisotopic (exact) mass is 244 g/mol. The van der Waals surface area contributed by atoms with Crippen LogP contribution < -0.4 is 11.5 Å². The SMILES string of the molecule is Cc1cc(-n2cc(C(N)=O)cn2)ccc1CCN. The molecular formula is C13H16N4O. The Kier molecular flexibility index (Phi) is 3.43. The second-order valence-corrected chi connectivity index (χ2v) is 4.19. The Bertz CT molecular complexity index is 574. The summed E-state index contributed by atoms with van der Waals surface area (Å²) in [5.74, 6) is -0.474. The van der Waals surface area contributed by atoms with Crippen LogP contribution in [0, 0.1) is 6.92 Å². The van der Waals surface area contributed by atoms with E-state index in [0.717, 1.165) is 17.7 Å². The Morgan fingerprint density at radius 2 is 2.22 bits per heavy atom. The highest BCUT2D eigenvalue weighted by Gasteiger charge is 2.06.